The zero-order valence-corrected chi connectivity index (χ0v) is 10.7. The molecule has 1 fully saturated rings. The highest BCUT2D eigenvalue weighted by molar-refractivity contribution is 5.71. The molecule has 0 amide bonds. The second kappa shape index (κ2) is 5.15. The second-order valence-corrected chi connectivity index (χ2v) is 5.64. The van der Waals surface area contributed by atoms with Gasteiger partial charge in [-0.25, -0.2) is 0 Å². The lowest BCUT2D eigenvalue weighted by molar-refractivity contribution is -0.142. The third-order valence-electron chi connectivity index (χ3n) is 2.95. The lowest BCUT2D eigenvalue weighted by Gasteiger charge is -2.22. The van der Waals surface area contributed by atoms with Crippen LogP contribution in [-0.2, 0) is 9.53 Å². The summed E-state index contributed by atoms with van der Waals surface area (Å²) in [6, 6.07) is 0. The Morgan fingerprint density at radius 2 is 2.06 bits per heavy atom. The topological polar surface area (TPSA) is 49.8 Å². The van der Waals surface area contributed by atoms with Crippen LogP contribution in [0, 0.1) is 11.8 Å². The van der Waals surface area contributed by atoms with E-state index in [1.54, 1.807) is 0 Å². The van der Waals surface area contributed by atoms with Crippen molar-refractivity contribution in [3.63, 3.8) is 0 Å². The van der Waals surface area contributed by atoms with Gasteiger partial charge in [-0.2, -0.15) is 0 Å². The Morgan fingerprint density at radius 1 is 1.44 bits per heavy atom. The van der Waals surface area contributed by atoms with Crippen molar-refractivity contribution in [2.45, 2.75) is 33.3 Å². The largest absolute Gasteiger partial charge is 0.481 e. The Bertz CT molecular complexity index is 247. The molecule has 2 unspecified atom stereocenters. The molecule has 1 saturated heterocycles. The number of hydrogen-bond donors (Lipinski definition) is 1. The molecule has 1 aliphatic heterocycles. The van der Waals surface area contributed by atoms with E-state index in [0.29, 0.717) is 13.2 Å². The second-order valence-electron chi connectivity index (χ2n) is 5.64. The number of nitrogens with zero attached hydrogens (tertiary/aromatic N) is 1. The summed E-state index contributed by atoms with van der Waals surface area (Å²) in [6.07, 6.45) is 0. The molecule has 0 aromatic carbocycles. The van der Waals surface area contributed by atoms with Gasteiger partial charge in [0.2, 0.25) is 0 Å². The predicted molar refractivity (Wildman–Crippen MR) is 62.4 cm³/mol. The van der Waals surface area contributed by atoms with E-state index in [2.05, 4.69) is 4.90 Å². The molecule has 0 spiro atoms. The highest BCUT2D eigenvalue weighted by atomic mass is 16.5. The average Bonchev–Trinajstić information content (AvgIpc) is 2.44. The van der Waals surface area contributed by atoms with Crippen molar-refractivity contribution in [3.8, 4) is 0 Å². The molecule has 1 N–H and O–H groups in total. The standard InChI is InChI=1S/C12H23NO3/c1-9-7-13(8-10(9)11(14)15)5-6-16-12(2,3)4/h9-10H,5-8H2,1-4H3,(H,14,15). The Morgan fingerprint density at radius 3 is 2.50 bits per heavy atom. The van der Waals surface area contributed by atoms with Crippen molar-refractivity contribution in [2.75, 3.05) is 26.2 Å². The molecular weight excluding hydrogens is 206 g/mol. The van der Waals surface area contributed by atoms with E-state index in [4.69, 9.17) is 9.84 Å². The zero-order valence-electron chi connectivity index (χ0n) is 10.7. The number of aliphatic carboxylic acids is 1. The van der Waals surface area contributed by atoms with Crippen LogP contribution in [0.1, 0.15) is 27.7 Å². The van der Waals surface area contributed by atoms with Gasteiger partial charge in [-0.05, 0) is 26.7 Å². The monoisotopic (exact) mass is 229 g/mol. The first-order chi connectivity index (χ1) is 7.29. The van der Waals surface area contributed by atoms with Crippen LogP contribution in [0.15, 0.2) is 0 Å². The minimum absolute atomic E-state index is 0.114. The fourth-order valence-corrected chi connectivity index (χ4v) is 2.05. The normalized spacial score (nSPS) is 27.2. The van der Waals surface area contributed by atoms with Crippen LogP contribution in [0.25, 0.3) is 0 Å². The number of carbonyl (C=O) groups is 1. The van der Waals surface area contributed by atoms with Crippen molar-refractivity contribution >= 4 is 5.97 Å². The zero-order chi connectivity index (χ0) is 12.3. The Balaban J connectivity index is 2.28. The number of rotatable bonds is 4. The molecule has 0 saturated carbocycles. The van der Waals surface area contributed by atoms with Gasteiger partial charge in [0.25, 0.3) is 0 Å². The van der Waals surface area contributed by atoms with Gasteiger partial charge in [0.15, 0.2) is 0 Å². The van der Waals surface area contributed by atoms with Crippen LogP contribution in [0.5, 0.6) is 0 Å². The smallest absolute Gasteiger partial charge is 0.308 e. The number of hydrogen-bond acceptors (Lipinski definition) is 3. The van der Waals surface area contributed by atoms with E-state index >= 15 is 0 Å². The van der Waals surface area contributed by atoms with E-state index in [-0.39, 0.29) is 17.4 Å². The Labute approximate surface area is 97.6 Å². The molecule has 94 valence electrons. The molecule has 0 aromatic heterocycles. The molecule has 4 heteroatoms. The average molecular weight is 229 g/mol. The number of carboxylic acid groups (broad SMARTS) is 1. The summed E-state index contributed by atoms with van der Waals surface area (Å²) in [4.78, 5) is 13.1. The summed E-state index contributed by atoms with van der Waals surface area (Å²) in [5.41, 5.74) is -0.114. The minimum atomic E-state index is -0.674. The first-order valence-electron chi connectivity index (χ1n) is 5.89. The minimum Gasteiger partial charge on any atom is -0.481 e. The summed E-state index contributed by atoms with van der Waals surface area (Å²) >= 11 is 0. The molecular formula is C12H23NO3. The van der Waals surface area contributed by atoms with Crippen LogP contribution >= 0.6 is 0 Å². The third kappa shape index (κ3) is 4.10. The van der Waals surface area contributed by atoms with Gasteiger partial charge in [-0.3, -0.25) is 9.69 Å². The number of likely N-dealkylation sites (tertiary alicyclic amines) is 1. The van der Waals surface area contributed by atoms with Crippen molar-refractivity contribution in [3.05, 3.63) is 0 Å². The van der Waals surface area contributed by atoms with Gasteiger partial charge in [-0.15, -0.1) is 0 Å². The molecule has 1 rings (SSSR count). The highest BCUT2D eigenvalue weighted by Gasteiger charge is 2.34. The van der Waals surface area contributed by atoms with Crippen LogP contribution < -0.4 is 0 Å². The number of ether oxygens (including phenoxy) is 1. The first kappa shape index (κ1) is 13.5. The Kier molecular flexibility index (Phi) is 4.33. The van der Waals surface area contributed by atoms with Crippen molar-refractivity contribution < 1.29 is 14.6 Å². The fourth-order valence-electron chi connectivity index (χ4n) is 2.05. The summed E-state index contributed by atoms with van der Waals surface area (Å²) < 4.78 is 5.63. The predicted octanol–water partition coefficient (Wildman–Crippen LogP) is 1.45. The quantitative estimate of drug-likeness (QED) is 0.793. The molecule has 4 nitrogen and oxygen atoms in total. The van der Waals surface area contributed by atoms with E-state index in [0.717, 1.165) is 13.1 Å². The van der Waals surface area contributed by atoms with Crippen molar-refractivity contribution in [2.24, 2.45) is 11.8 Å². The summed E-state index contributed by atoms with van der Waals surface area (Å²) in [5, 5.41) is 9.00. The lowest BCUT2D eigenvalue weighted by atomic mass is 9.99. The molecule has 0 radical (unpaired) electrons. The van der Waals surface area contributed by atoms with Gasteiger partial charge >= 0.3 is 5.97 Å². The van der Waals surface area contributed by atoms with Crippen molar-refractivity contribution in [1.82, 2.24) is 4.90 Å². The summed E-state index contributed by atoms with van der Waals surface area (Å²) in [6.45, 7) is 11.1. The summed E-state index contributed by atoms with van der Waals surface area (Å²) in [5.74, 6) is -0.645. The molecule has 0 aliphatic carbocycles. The van der Waals surface area contributed by atoms with E-state index in [9.17, 15) is 4.79 Å². The third-order valence-corrected chi connectivity index (χ3v) is 2.95. The molecule has 0 bridgehead atoms. The molecule has 16 heavy (non-hydrogen) atoms. The lowest BCUT2D eigenvalue weighted by Crippen LogP contribution is -2.30. The van der Waals surface area contributed by atoms with E-state index in [1.807, 2.05) is 27.7 Å². The fraction of sp³-hybridized carbons (Fsp3) is 0.917. The maximum atomic E-state index is 10.9. The first-order valence-corrected chi connectivity index (χ1v) is 5.89. The van der Waals surface area contributed by atoms with Crippen LogP contribution in [0.3, 0.4) is 0 Å². The van der Waals surface area contributed by atoms with E-state index in [1.165, 1.54) is 0 Å². The van der Waals surface area contributed by atoms with Crippen molar-refractivity contribution in [1.29, 1.82) is 0 Å². The maximum absolute atomic E-state index is 10.9. The maximum Gasteiger partial charge on any atom is 0.308 e. The van der Waals surface area contributed by atoms with Crippen LogP contribution in [0.2, 0.25) is 0 Å². The SMILES string of the molecule is CC1CN(CCOC(C)(C)C)CC1C(=O)O. The van der Waals surface area contributed by atoms with Gasteiger partial charge < -0.3 is 9.84 Å². The van der Waals surface area contributed by atoms with Crippen LogP contribution in [0.4, 0.5) is 0 Å². The molecule has 1 heterocycles. The highest BCUT2D eigenvalue weighted by Crippen LogP contribution is 2.22. The van der Waals surface area contributed by atoms with Gasteiger partial charge in [0.1, 0.15) is 0 Å². The summed E-state index contributed by atoms with van der Waals surface area (Å²) in [7, 11) is 0. The van der Waals surface area contributed by atoms with Gasteiger partial charge in [0.05, 0.1) is 18.1 Å². The molecule has 0 aromatic rings. The molecule has 2 atom stereocenters. The van der Waals surface area contributed by atoms with Crippen LogP contribution in [-0.4, -0.2) is 47.8 Å². The molecule has 1 aliphatic rings. The van der Waals surface area contributed by atoms with Gasteiger partial charge in [0, 0.05) is 19.6 Å². The number of carboxylic acids is 1. The Hall–Kier alpha value is -0.610. The van der Waals surface area contributed by atoms with Gasteiger partial charge in [-0.1, -0.05) is 6.92 Å². The van der Waals surface area contributed by atoms with E-state index < -0.39 is 5.97 Å².